The van der Waals surface area contributed by atoms with E-state index in [2.05, 4.69) is 51.0 Å². The molecule has 0 aliphatic carbocycles. The van der Waals surface area contributed by atoms with E-state index in [1.54, 1.807) is 11.3 Å². The van der Waals surface area contributed by atoms with Crippen molar-refractivity contribution >= 4 is 23.2 Å². The van der Waals surface area contributed by atoms with Gasteiger partial charge >= 0.3 is 0 Å². The number of aliphatic imine (C=N–C) groups is 1. The van der Waals surface area contributed by atoms with Gasteiger partial charge in [-0.15, -0.1) is 0 Å². The molecule has 2 fully saturated rings. The zero-order valence-electron chi connectivity index (χ0n) is 16.6. The van der Waals surface area contributed by atoms with Gasteiger partial charge in [-0.1, -0.05) is 0 Å². The van der Waals surface area contributed by atoms with Gasteiger partial charge in [-0.2, -0.15) is 11.3 Å². The van der Waals surface area contributed by atoms with E-state index in [0.29, 0.717) is 12.6 Å². The van der Waals surface area contributed by atoms with Gasteiger partial charge in [0.05, 0.1) is 6.04 Å². The lowest BCUT2D eigenvalue weighted by Gasteiger charge is -2.37. The van der Waals surface area contributed by atoms with Gasteiger partial charge in [0.15, 0.2) is 5.96 Å². The molecule has 150 valence electrons. The van der Waals surface area contributed by atoms with Crippen LogP contribution >= 0.6 is 11.3 Å². The summed E-state index contributed by atoms with van der Waals surface area (Å²) in [6.07, 6.45) is 1.63. The van der Waals surface area contributed by atoms with Crippen molar-refractivity contribution in [3.8, 4) is 0 Å². The molecule has 1 aromatic heterocycles. The van der Waals surface area contributed by atoms with E-state index in [1.807, 2.05) is 11.9 Å². The quantitative estimate of drug-likeness (QED) is 0.603. The van der Waals surface area contributed by atoms with Gasteiger partial charge in [0.2, 0.25) is 0 Å². The minimum absolute atomic E-state index is 0.153. The Labute approximate surface area is 166 Å². The number of ether oxygens (including phenoxy) is 1. The van der Waals surface area contributed by atoms with Gasteiger partial charge in [-0.05, 0) is 49.3 Å². The number of nitrogens with one attached hydrogen (secondary N) is 1. The summed E-state index contributed by atoms with van der Waals surface area (Å²) in [5.74, 6) is 1.06. The van der Waals surface area contributed by atoms with Gasteiger partial charge in [0.1, 0.15) is 6.10 Å². The van der Waals surface area contributed by atoms with Crippen molar-refractivity contribution in [3.05, 3.63) is 22.4 Å². The molecule has 2 saturated heterocycles. The van der Waals surface area contributed by atoms with Crippen molar-refractivity contribution < 1.29 is 9.53 Å². The normalized spacial score (nSPS) is 22.4. The van der Waals surface area contributed by atoms with Crippen molar-refractivity contribution in [3.63, 3.8) is 0 Å². The lowest BCUT2D eigenvalue weighted by atomic mass is 10.1. The van der Waals surface area contributed by atoms with Gasteiger partial charge in [-0.3, -0.25) is 9.79 Å². The van der Waals surface area contributed by atoms with Crippen LogP contribution in [0, 0.1) is 0 Å². The van der Waals surface area contributed by atoms with Gasteiger partial charge in [0, 0.05) is 46.4 Å². The largest absolute Gasteiger partial charge is 0.368 e. The molecule has 1 N–H and O–H groups in total. The van der Waals surface area contributed by atoms with Crippen LogP contribution in [0.4, 0.5) is 0 Å². The van der Waals surface area contributed by atoms with Crippen molar-refractivity contribution in [1.82, 2.24) is 20.0 Å². The Morgan fingerprint density at radius 3 is 2.67 bits per heavy atom. The van der Waals surface area contributed by atoms with Crippen LogP contribution in [0.3, 0.4) is 0 Å². The standard InChI is InChI=1S/C19H31N5O2S/c1-20-19(21-13-16(22(2)3)15-6-12-27-14-15)24-9-7-23(8-10-24)18(25)17-5-4-11-26-17/h6,12,14,16-17H,4-5,7-11,13H2,1-3H3,(H,20,21). The first-order valence-electron chi connectivity index (χ1n) is 9.64. The molecule has 2 aliphatic heterocycles. The van der Waals surface area contributed by atoms with Crippen LogP contribution in [0.5, 0.6) is 0 Å². The highest BCUT2D eigenvalue weighted by molar-refractivity contribution is 7.07. The second kappa shape index (κ2) is 9.52. The molecule has 0 radical (unpaired) electrons. The Balaban J connectivity index is 1.50. The molecule has 2 aliphatic rings. The molecule has 8 heteroatoms. The number of hydrogen-bond donors (Lipinski definition) is 1. The summed E-state index contributed by atoms with van der Waals surface area (Å²) in [6, 6.07) is 2.48. The highest BCUT2D eigenvalue weighted by Crippen LogP contribution is 2.20. The Bertz CT molecular complexity index is 620. The van der Waals surface area contributed by atoms with Crippen molar-refractivity contribution in [1.29, 1.82) is 0 Å². The maximum absolute atomic E-state index is 12.5. The zero-order valence-corrected chi connectivity index (χ0v) is 17.4. The highest BCUT2D eigenvalue weighted by Gasteiger charge is 2.31. The first kappa shape index (κ1) is 20.1. The van der Waals surface area contributed by atoms with Gasteiger partial charge < -0.3 is 24.8 Å². The molecule has 1 amide bonds. The third-order valence-electron chi connectivity index (χ3n) is 5.31. The lowest BCUT2D eigenvalue weighted by Crippen LogP contribution is -2.55. The van der Waals surface area contributed by atoms with Crippen molar-refractivity contribution in [2.75, 3.05) is 60.5 Å². The summed E-state index contributed by atoms with van der Waals surface area (Å²) in [5, 5.41) is 7.83. The van der Waals surface area contributed by atoms with Crippen LogP contribution in [0.2, 0.25) is 0 Å². The Morgan fingerprint density at radius 1 is 1.37 bits per heavy atom. The fourth-order valence-corrected chi connectivity index (χ4v) is 4.41. The Morgan fingerprint density at radius 2 is 2.11 bits per heavy atom. The molecule has 0 spiro atoms. The van der Waals surface area contributed by atoms with Crippen LogP contribution < -0.4 is 5.32 Å². The van der Waals surface area contributed by atoms with Crippen LogP contribution in [-0.2, 0) is 9.53 Å². The smallest absolute Gasteiger partial charge is 0.251 e. The van der Waals surface area contributed by atoms with Gasteiger partial charge in [0.25, 0.3) is 5.91 Å². The maximum Gasteiger partial charge on any atom is 0.251 e. The zero-order chi connectivity index (χ0) is 19.2. The Hall–Kier alpha value is -1.64. The summed E-state index contributed by atoms with van der Waals surface area (Å²) in [7, 11) is 6.02. The summed E-state index contributed by atoms with van der Waals surface area (Å²) in [5.41, 5.74) is 1.32. The van der Waals surface area contributed by atoms with E-state index in [1.165, 1.54) is 5.56 Å². The fourth-order valence-electron chi connectivity index (χ4n) is 3.70. The van der Waals surface area contributed by atoms with Gasteiger partial charge in [-0.25, -0.2) is 0 Å². The first-order valence-corrected chi connectivity index (χ1v) is 10.6. The van der Waals surface area contributed by atoms with E-state index in [-0.39, 0.29) is 12.0 Å². The molecular formula is C19H31N5O2S. The van der Waals surface area contributed by atoms with Crippen LogP contribution in [-0.4, -0.2) is 93.1 Å². The SMILES string of the molecule is CN=C(NCC(c1ccsc1)N(C)C)N1CCN(C(=O)C2CCCO2)CC1. The lowest BCUT2D eigenvalue weighted by molar-refractivity contribution is -0.142. The number of guanidine groups is 1. The molecule has 0 aromatic carbocycles. The number of thiophene rings is 1. The average molecular weight is 394 g/mol. The number of carbonyl (C=O) groups is 1. The van der Waals surface area contributed by atoms with E-state index < -0.39 is 0 Å². The van der Waals surface area contributed by atoms with Crippen LogP contribution in [0.15, 0.2) is 21.8 Å². The third-order valence-corrected chi connectivity index (χ3v) is 6.01. The van der Waals surface area contributed by atoms with E-state index in [9.17, 15) is 4.79 Å². The highest BCUT2D eigenvalue weighted by atomic mass is 32.1. The minimum Gasteiger partial charge on any atom is -0.368 e. The molecule has 0 saturated carbocycles. The number of nitrogens with zero attached hydrogens (tertiary/aromatic N) is 4. The average Bonchev–Trinajstić information content (AvgIpc) is 3.38. The summed E-state index contributed by atoms with van der Waals surface area (Å²) < 4.78 is 5.54. The second-order valence-electron chi connectivity index (χ2n) is 7.28. The number of carbonyl (C=O) groups excluding carboxylic acids is 1. The predicted molar refractivity (Wildman–Crippen MR) is 109 cm³/mol. The summed E-state index contributed by atoms with van der Waals surface area (Å²) in [6.45, 7) is 4.55. The minimum atomic E-state index is -0.222. The molecule has 2 atom stereocenters. The Kier molecular flexibility index (Phi) is 7.09. The molecule has 2 unspecified atom stereocenters. The predicted octanol–water partition coefficient (Wildman–Crippen LogP) is 1.25. The maximum atomic E-state index is 12.5. The molecule has 3 rings (SSSR count). The molecule has 7 nitrogen and oxygen atoms in total. The number of rotatable bonds is 5. The number of hydrogen-bond acceptors (Lipinski definition) is 5. The fraction of sp³-hybridized carbons (Fsp3) is 0.684. The second-order valence-corrected chi connectivity index (χ2v) is 8.06. The van der Waals surface area contributed by atoms with E-state index in [0.717, 1.165) is 51.5 Å². The molecule has 3 heterocycles. The number of piperazine rings is 1. The topological polar surface area (TPSA) is 60.4 Å². The first-order chi connectivity index (χ1) is 13.1. The van der Waals surface area contributed by atoms with Crippen molar-refractivity contribution in [2.45, 2.75) is 25.0 Å². The molecule has 27 heavy (non-hydrogen) atoms. The number of likely N-dealkylation sites (N-methyl/N-ethyl adjacent to an activating group) is 1. The van der Waals surface area contributed by atoms with Crippen molar-refractivity contribution in [2.24, 2.45) is 4.99 Å². The van der Waals surface area contributed by atoms with E-state index in [4.69, 9.17) is 4.74 Å². The summed E-state index contributed by atoms with van der Waals surface area (Å²) >= 11 is 1.72. The van der Waals surface area contributed by atoms with Crippen LogP contribution in [0.1, 0.15) is 24.4 Å². The van der Waals surface area contributed by atoms with Crippen LogP contribution in [0.25, 0.3) is 0 Å². The monoisotopic (exact) mass is 393 g/mol. The third kappa shape index (κ3) is 5.00. The molecule has 1 aromatic rings. The molecular weight excluding hydrogens is 362 g/mol. The van der Waals surface area contributed by atoms with E-state index >= 15 is 0 Å². The summed E-state index contributed by atoms with van der Waals surface area (Å²) in [4.78, 5) is 23.4. The molecule has 0 bridgehead atoms. The number of amides is 1.